The molecular formula is C26H23N3O. The van der Waals surface area contributed by atoms with E-state index in [0.717, 1.165) is 29.3 Å². The van der Waals surface area contributed by atoms with Gasteiger partial charge in [-0.15, -0.1) is 0 Å². The number of carbonyl (C=O) groups excluding carboxylic acids is 1. The Bertz CT molecular complexity index is 1390. The molecule has 4 nitrogen and oxygen atoms in total. The average Bonchev–Trinajstić information content (AvgIpc) is 2.79. The van der Waals surface area contributed by atoms with E-state index in [2.05, 4.69) is 40.8 Å². The van der Waals surface area contributed by atoms with Gasteiger partial charge < -0.3 is 11.2 Å². The summed E-state index contributed by atoms with van der Waals surface area (Å²) in [6.45, 7) is 0. The largest absolute Gasteiger partial charge is 0.323 e. The lowest BCUT2D eigenvalue weighted by Gasteiger charge is -2.17. The Morgan fingerprint density at radius 2 is 1.83 bits per heavy atom. The summed E-state index contributed by atoms with van der Waals surface area (Å²) in [7, 11) is 0. The summed E-state index contributed by atoms with van der Waals surface area (Å²) in [5, 5.41) is 11.6. The van der Waals surface area contributed by atoms with Crippen LogP contribution in [0, 0.1) is 10.4 Å². The Labute approximate surface area is 174 Å². The van der Waals surface area contributed by atoms with Crippen LogP contribution in [0.4, 0.5) is 5.69 Å². The van der Waals surface area contributed by atoms with E-state index in [9.17, 15) is 4.79 Å². The van der Waals surface area contributed by atoms with Gasteiger partial charge in [0.25, 0.3) is 5.91 Å². The number of hydrogen-bond donors (Lipinski definition) is 2. The highest BCUT2D eigenvalue weighted by atomic mass is 16.1. The SMILES string of the molecule is NN=Cc1ccc(C(=O)Nc2cccc3c2=CCc2c4c(ccc2=3)=CCCC4)cc1. The molecule has 0 radical (unpaired) electrons. The number of hydrazone groups is 1. The number of fused-ring (bicyclic) bond motifs is 4. The van der Waals surface area contributed by atoms with E-state index in [0.29, 0.717) is 5.56 Å². The molecule has 148 valence electrons. The quantitative estimate of drug-likeness (QED) is 0.408. The highest BCUT2D eigenvalue weighted by Crippen LogP contribution is 2.19. The van der Waals surface area contributed by atoms with Crippen LogP contribution in [-0.2, 0) is 12.8 Å². The molecule has 0 fully saturated rings. The van der Waals surface area contributed by atoms with Crippen LogP contribution in [0.5, 0.6) is 0 Å². The van der Waals surface area contributed by atoms with Crippen LogP contribution < -0.4 is 21.6 Å². The molecule has 0 saturated heterocycles. The number of nitrogens with zero attached hydrogens (tertiary/aromatic N) is 1. The first-order chi connectivity index (χ1) is 14.7. The average molecular weight is 393 g/mol. The molecule has 5 rings (SSSR count). The predicted molar refractivity (Wildman–Crippen MR) is 122 cm³/mol. The van der Waals surface area contributed by atoms with E-state index in [1.165, 1.54) is 39.6 Å². The molecule has 0 aromatic heterocycles. The van der Waals surface area contributed by atoms with Crippen molar-refractivity contribution in [3.05, 3.63) is 97.7 Å². The number of hydrogen-bond acceptors (Lipinski definition) is 3. The third-order valence-electron chi connectivity index (χ3n) is 6.01. The van der Waals surface area contributed by atoms with Crippen molar-refractivity contribution in [1.82, 2.24) is 0 Å². The number of amides is 1. The van der Waals surface area contributed by atoms with E-state index in [1.54, 1.807) is 18.3 Å². The summed E-state index contributed by atoms with van der Waals surface area (Å²) in [6.07, 6.45) is 10.6. The molecule has 3 aromatic carbocycles. The molecule has 4 heteroatoms. The van der Waals surface area contributed by atoms with Crippen LogP contribution >= 0.6 is 0 Å². The number of benzene rings is 3. The topological polar surface area (TPSA) is 67.5 Å². The lowest BCUT2D eigenvalue weighted by molar-refractivity contribution is 0.102. The number of anilines is 1. The van der Waals surface area contributed by atoms with Gasteiger partial charge in [0.2, 0.25) is 0 Å². The molecule has 0 unspecified atom stereocenters. The van der Waals surface area contributed by atoms with Crippen molar-refractivity contribution in [3.8, 4) is 0 Å². The molecule has 30 heavy (non-hydrogen) atoms. The fourth-order valence-electron chi connectivity index (χ4n) is 4.55. The van der Waals surface area contributed by atoms with Crippen LogP contribution in [0.15, 0.2) is 59.7 Å². The predicted octanol–water partition coefficient (Wildman–Crippen LogP) is 2.97. The molecule has 3 N–H and O–H groups in total. The van der Waals surface area contributed by atoms with Crippen LogP contribution in [0.2, 0.25) is 0 Å². The monoisotopic (exact) mass is 393 g/mol. The summed E-state index contributed by atoms with van der Waals surface area (Å²) in [4.78, 5) is 12.8. The van der Waals surface area contributed by atoms with Gasteiger partial charge in [0.1, 0.15) is 0 Å². The Hall–Kier alpha value is -3.66. The third-order valence-corrected chi connectivity index (χ3v) is 6.01. The fraction of sp³-hybridized carbons (Fsp3) is 0.154. The van der Waals surface area contributed by atoms with E-state index >= 15 is 0 Å². The minimum Gasteiger partial charge on any atom is -0.323 e. The standard InChI is InChI=1S/C26H23N3O/c27-28-16-17-8-10-19(11-9-17)26(30)29-25-7-3-6-21-23-13-12-18-4-1-2-5-20(18)22(23)14-15-24(21)25/h3-4,6-13,15-16H,1-2,5,14,27H2,(H,29,30). The van der Waals surface area contributed by atoms with Gasteiger partial charge in [0.15, 0.2) is 0 Å². The second-order valence-corrected chi connectivity index (χ2v) is 7.79. The van der Waals surface area contributed by atoms with E-state index in [1.807, 2.05) is 24.3 Å². The first-order valence-electron chi connectivity index (χ1n) is 10.3. The minimum atomic E-state index is -0.126. The Kier molecular flexibility index (Phi) is 4.68. The highest BCUT2D eigenvalue weighted by Gasteiger charge is 2.13. The lowest BCUT2D eigenvalue weighted by atomic mass is 9.88. The molecule has 0 heterocycles. The molecule has 0 saturated carbocycles. The zero-order valence-corrected chi connectivity index (χ0v) is 16.7. The zero-order chi connectivity index (χ0) is 20.5. The lowest BCUT2D eigenvalue weighted by Crippen LogP contribution is -2.23. The Morgan fingerprint density at radius 1 is 0.967 bits per heavy atom. The zero-order valence-electron chi connectivity index (χ0n) is 16.7. The van der Waals surface area contributed by atoms with Gasteiger partial charge >= 0.3 is 0 Å². The van der Waals surface area contributed by atoms with Crippen molar-refractivity contribution in [2.24, 2.45) is 10.9 Å². The second kappa shape index (κ2) is 7.64. The van der Waals surface area contributed by atoms with E-state index in [-0.39, 0.29) is 5.91 Å². The van der Waals surface area contributed by atoms with Gasteiger partial charge in [-0.25, -0.2) is 0 Å². The molecule has 3 aromatic rings. The minimum absolute atomic E-state index is 0.126. The van der Waals surface area contributed by atoms with Crippen molar-refractivity contribution in [2.45, 2.75) is 25.7 Å². The number of nitrogens with one attached hydrogen (secondary N) is 1. The van der Waals surface area contributed by atoms with Crippen molar-refractivity contribution in [1.29, 1.82) is 0 Å². The Balaban J connectivity index is 1.57. The molecule has 0 atom stereocenters. The maximum atomic E-state index is 12.8. The molecule has 0 bridgehead atoms. The van der Waals surface area contributed by atoms with Crippen molar-refractivity contribution >= 4 is 30.0 Å². The summed E-state index contributed by atoms with van der Waals surface area (Å²) < 4.78 is 0. The highest BCUT2D eigenvalue weighted by molar-refractivity contribution is 6.04. The smallest absolute Gasteiger partial charge is 0.255 e. The van der Waals surface area contributed by atoms with E-state index in [4.69, 9.17) is 5.84 Å². The first-order valence-corrected chi connectivity index (χ1v) is 10.3. The molecule has 1 amide bonds. The van der Waals surface area contributed by atoms with Gasteiger partial charge in [-0.2, -0.15) is 5.10 Å². The maximum Gasteiger partial charge on any atom is 0.255 e. The van der Waals surface area contributed by atoms with Gasteiger partial charge in [0.05, 0.1) is 6.21 Å². The third kappa shape index (κ3) is 3.20. The molecular weight excluding hydrogens is 370 g/mol. The van der Waals surface area contributed by atoms with Crippen LogP contribution in [0.1, 0.15) is 39.9 Å². The summed E-state index contributed by atoms with van der Waals surface area (Å²) in [5.41, 5.74) is 5.24. The number of carbonyl (C=O) groups is 1. The summed E-state index contributed by atoms with van der Waals surface area (Å²) in [5.74, 6) is 5.06. The molecule has 0 aliphatic heterocycles. The number of rotatable bonds is 3. The van der Waals surface area contributed by atoms with Crippen molar-refractivity contribution < 1.29 is 4.79 Å². The number of nitrogens with two attached hydrogens (primary N) is 1. The van der Waals surface area contributed by atoms with Crippen molar-refractivity contribution in [2.75, 3.05) is 5.32 Å². The molecule has 0 spiro atoms. The van der Waals surface area contributed by atoms with Gasteiger partial charge in [-0.1, -0.05) is 48.6 Å². The molecule has 2 aliphatic rings. The molecule has 2 aliphatic carbocycles. The van der Waals surface area contributed by atoms with Gasteiger partial charge in [-0.05, 0) is 76.2 Å². The summed E-state index contributed by atoms with van der Waals surface area (Å²) in [6, 6.07) is 17.9. The van der Waals surface area contributed by atoms with Crippen LogP contribution in [0.3, 0.4) is 0 Å². The van der Waals surface area contributed by atoms with Crippen molar-refractivity contribution in [3.63, 3.8) is 0 Å². The van der Waals surface area contributed by atoms with Gasteiger partial charge in [-0.3, -0.25) is 4.79 Å². The second-order valence-electron chi connectivity index (χ2n) is 7.79. The van der Waals surface area contributed by atoms with Crippen LogP contribution in [0.25, 0.3) is 12.2 Å². The fourth-order valence-corrected chi connectivity index (χ4v) is 4.55. The summed E-state index contributed by atoms with van der Waals surface area (Å²) >= 11 is 0. The van der Waals surface area contributed by atoms with Gasteiger partial charge in [0, 0.05) is 16.5 Å². The van der Waals surface area contributed by atoms with E-state index < -0.39 is 0 Å². The Morgan fingerprint density at radius 3 is 2.67 bits per heavy atom. The maximum absolute atomic E-state index is 12.8. The van der Waals surface area contributed by atoms with Crippen LogP contribution in [-0.4, -0.2) is 12.1 Å². The normalized spacial score (nSPS) is 14.1. The first kappa shape index (κ1) is 18.4.